The van der Waals surface area contributed by atoms with Gasteiger partial charge in [-0.1, -0.05) is 18.2 Å². The van der Waals surface area contributed by atoms with Crippen LogP contribution in [0.4, 0.5) is 5.69 Å². The molecule has 6 nitrogen and oxygen atoms in total. The maximum absolute atomic E-state index is 12.8. The lowest BCUT2D eigenvalue weighted by atomic mass is 10.0. The quantitative estimate of drug-likeness (QED) is 0.658. The smallest absolute Gasteiger partial charge is 0.231 e. The van der Waals surface area contributed by atoms with Gasteiger partial charge in [-0.05, 0) is 48.0 Å². The molecule has 6 heteroatoms. The van der Waals surface area contributed by atoms with Crippen LogP contribution in [-0.2, 0) is 6.54 Å². The zero-order chi connectivity index (χ0) is 21.2. The molecule has 31 heavy (non-hydrogen) atoms. The molecular weight excluding hydrogens is 390 g/mol. The largest absolute Gasteiger partial charge is 0.507 e. The van der Waals surface area contributed by atoms with E-state index in [1.165, 1.54) is 5.69 Å². The van der Waals surface area contributed by atoms with E-state index in [0.717, 1.165) is 31.7 Å². The highest BCUT2D eigenvalue weighted by Crippen LogP contribution is 2.40. The summed E-state index contributed by atoms with van der Waals surface area (Å²) in [6.07, 6.45) is 5.06. The molecule has 3 aromatic rings. The van der Waals surface area contributed by atoms with Crippen LogP contribution in [0.3, 0.4) is 0 Å². The van der Waals surface area contributed by atoms with Crippen LogP contribution in [0, 0.1) is 0 Å². The van der Waals surface area contributed by atoms with Crippen LogP contribution in [-0.4, -0.2) is 47.0 Å². The number of phenolic OH excluding ortho intramolecular Hbond substituents is 1. The van der Waals surface area contributed by atoms with Gasteiger partial charge in [0.2, 0.25) is 5.78 Å². The molecule has 0 radical (unpaired) electrons. The van der Waals surface area contributed by atoms with Gasteiger partial charge in [-0.15, -0.1) is 0 Å². The molecular formula is C25H23N3O3. The number of fused-ring (bicyclic) bond motifs is 1. The van der Waals surface area contributed by atoms with E-state index in [1.807, 2.05) is 18.2 Å². The van der Waals surface area contributed by atoms with Crippen molar-refractivity contribution in [2.75, 3.05) is 31.1 Å². The lowest BCUT2D eigenvalue weighted by molar-refractivity contribution is 0.101. The minimum absolute atomic E-state index is 0.155. The Balaban J connectivity index is 1.33. The van der Waals surface area contributed by atoms with Gasteiger partial charge in [-0.3, -0.25) is 14.7 Å². The average Bonchev–Trinajstić information content (AvgIpc) is 3.13. The molecule has 0 unspecified atom stereocenters. The molecule has 2 aromatic carbocycles. The Hall–Kier alpha value is -3.64. The molecule has 156 valence electrons. The van der Waals surface area contributed by atoms with E-state index in [1.54, 1.807) is 30.6 Å². The number of aromatic hydroxyl groups is 1. The normalized spacial score (nSPS) is 17.6. The summed E-state index contributed by atoms with van der Waals surface area (Å²) in [6, 6.07) is 17.2. The number of nitrogens with zero attached hydrogens (tertiary/aromatic N) is 3. The number of carbonyl (C=O) groups is 1. The molecule has 0 spiro atoms. The third-order valence-electron chi connectivity index (χ3n) is 5.80. The molecule has 2 aliphatic heterocycles. The third kappa shape index (κ3) is 3.90. The third-order valence-corrected chi connectivity index (χ3v) is 5.80. The van der Waals surface area contributed by atoms with E-state index >= 15 is 0 Å². The minimum Gasteiger partial charge on any atom is -0.507 e. The predicted molar refractivity (Wildman–Crippen MR) is 119 cm³/mol. The van der Waals surface area contributed by atoms with E-state index in [0.29, 0.717) is 23.4 Å². The van der Waals surface area contributed by atoms with Gasteiger partial charge in [0, 0.05) is 50.8 Å². The first-order chi connectivity index (χ1) is 15.2. The maximum Gasteiger partial charge on any atom is 0.231 e. The molecule has 0 saturated carbocycles. The molecule has 2 aliphatic rings. The zero-order valence-corrected chi connectivity index (χ0v) is 17.1. The van der Waals surface area contributed by atoms with Gasteiger partial charge in [0.25, 0.3) is 0 Å². The van der Waals surface area contributed by atoms with Crippen molar-refractivity contribution in [3.8, 4) is 11.5 Å². The molecule has 1 aromatic heterocycles. The second kappa shape index (κ2) is 8.24. The lowest BCUT2D eigenvalue weighted by Gasteiger charge is -2.36. The van der Waals surface area contributed by atoms with Crippen molar-refractivity contribution < 1.29 is 14.6 Å². The molecule has 1 saturated heterocycles. The van der Waals surface area contributed by atoms with E-state index in [2.05, 4.69) is 39.0 Å². The van der Waals surface area contributed by atoms with Gasteiger partial charge >= 0.3 is 0 Å². The van der Waals surface area contributed by atoms with E-state index in [4.69, 9.17) is 4.74 Å². The minimum atomic E-state index is -0.165. The second-order valence-electron chi connectivity index (χ2n) is 7.76. The molecule has 0 amide bonds. The summed E-state index contributed by atoms with van der Waals surface area (Å²) in [5.41, 5.74) is 3.23. The Labute approximate surface area is 181 Å². The highest BCUT2D eigenvalue weighted by Gasteiger charge is 2.32. The topological polar surface area (TPSA) is 65.9 Å². The highest BCUT2D eigenvalue weighted by atomic mass is 16.5. The molecule has 5 rings (SSSR count). The summed E-state index contributed by atoms with van der Waals surface area (Å²) in [4.78, 5) is 21.5. The van der Waals surface area contributed by atoms with Crippen molar-refractivity contribution in [2.45, 2.75) is 6.54 Å². The van der Waals surface area contributed by atoms with Gasteiger partial charge in [0.1, 0.15) is 11.5 Å². The summed E-state index contributed by atoms with van der Waals surface area (Å²) < 4.78 is 5.96. The van der Waals surface area contributed by atoms with Crippen molar-refractivity contribution in [2.24, 2.45) is 0 Å². The SMILES string of the molecule is O=C1/C(=C/c2ccncc2)Oc2c1ccc(O)c2CN1CCN(c2ccccc2)CC1. The fraction of sp³-hybridized carbons (Fsp3) is 0.200. The first-order valence-corrected chi connectivity index (χ1v) is 10.4. The van der Waals surface area contributed by atoms with Gasteiger partial charge in [-0.25, -0.2) is 0 Å². The Kier molecular flexibility index (Phi) is 5.14. The van der Waals surface area contributed by atoms with Gasteiger partial charge in [0.05, 0.1) is 11.1 Å². The lowest BCUT2D eigenvalue weighted by Crippen LogP contribution is -2.46. The molecule has 0 atom stereocenters. The highest BCUT2D eigenvalue weighted by molar-refractivity contribution is 6.15. The summed E-state index contributed by atoms with van der Waals surface area (Å²) in [6.45, 7) is 4.09. The van der Waals surface area contributed by atoms with E-state index in [9.17, 15) is 9.90 Å². The number of hydrogen-bond acceptors (Lipinski definition) is 6. The fourth-order valence-corrected chi connectivity index (χ4v) is 4.09. The number of phenols is 1. The predicted octanol–water partition coefficient (Wildman–Crippen LogP) is 3.73. The number of aromatic nitrogens is 1. The average molecular weight is 413 g/mol. The van der Waals surface area contributed by atoms with Crippen molar-refractivity contribution in [3.63, 3.8) is 0 Å². The number of piperazine rings is 1. The summed E-state index contributed by atoms with van der Waals surface area (Å²) >= 11 is 0. The summed E-state index contributed by atoms with van der Waals surface area (Å²) in [7, 11) is 0. The van der Waals surface area contributed by atoms with E-state index in [-0.39, 0.29) is 17.3 Å². The molecule has 1 fully saturated rings. The van der Waals surface area contributed by atoms with Gasteiger partial charge < -0.3 is 14.7 Å². The number of allylic oxidation sites excluding steroid dienone is 1. The van der Waals surface area contributed by atoms with E-state index < -0.39 is 0 Å². The number of benzene rings is 2. The van der Waals surface area contributed by atoms with Crippen molar-refractivity contribution >= 4 is 17.5 Å². The number of para-hydroxylation sites is 1. The molecule has 0 bridgehead atoms. The maximum atomic E-state index is 12.8. The van der Waals surface area contributed by atoms with Crippen molar-refractivity contribution in [1.82, 2.24) is 9.88 Å². The number of anilines is 1. The number of ether oxygens (including phenoxy) is 1. The van der Waals surface area contributed by atoms with Crippen LogP contribution >= 0.6 is 0 Å². The summed E-state index contributed by atoms with van der Waals surface area (Å²) in [5.74, 6) is 0.724. The van der Waals surface area contributed by atoms with Crippen LogP contribution in [0.1, 0.15) is 21.5 Å². The van der Waals surface area contributed by atoms with Crippen LogP contribution in [0.5, 0.6) is 11.5 Å². The number of hydrogen-bond donors (Lipinski definition) is 1. The zero-order valence-electron chi connectivity index (χ0n) is 17.1. The standard InChI is InChI=1S/C25H23N3O3/c29-22-7-6-20-24(30)23(16-18-8-10-26-11-9-18)31-25(20)21(22)17-27-12-14-28(15-13-27)19-4-2-1-3-5-19/h1-11,16,29H,12-15,17H2/b23-16-. The van der Waals surface area contributed by atoms with Gasteiger partial charge in [-0.2, -0.15) is 0 Å². The number of ketones is 1. The van der Waals surface area contributed by atoms with Crippen LogP contribution < -0.4 is 9.64 Å². The number of rotatable bonds is 4. The van der Waals surface area contributed by atoms with Crippen LogP contribution in [0.15, 0.2) is 72.8 Å². The first-order valence-electron chi connectivity index (χ1n) is 10.4. The molecule has 0 aliphatic carbocycles. The Morgan fingerprint density at radius 1 is 0.968 bits per heavy atom. The summed E-state index contributed by atoms with van der Waals surface area (Å²) in [5, 5.41) is 10.5. The number of carbonyl (C=O) groups excluding carboxylic acids is 1. The van der Waals surface area contributed by atoms with Crippen LogP contribution in [0.2, 0.25) is 0 Å². The number of Topliss-reactive ketones (excluding diaryl/α,β-unsaturated/α-hetero) is 1. The van der Waals surface area contributed by atoms with Crippen molar-refractivity contribution in [1.29, 1.82) is 0 Å². The van der Waals surface area contributed by atoms with Crippen LogP contribution in [0.25, 0.3) is 6.08 Å². The van der Waals surface area contributed by atoms with Gasteiger partial charge in [0.15, 0.2) is 5.76 Å². The first kappa shape index (κ1) is 19.3. The molecule has 3 heterocycles. The fourth-order valence-electron chi connectivity index (χ4n) is 4.09. The van der Waals surface area contributed by atoms with Crippen molar-refractivity contribution in [3.05, 3.63) is 89.4 Å². The Morgan fingerprint density at radius 3 is 2.45 bits per heavy atom. The molecule has 1 N–H and O–H groups in total. The number of pyridine rings is 1. The monoisotopic (exact) mass is 413 g/mol. The Morgan fingerprint density at radius 2 is 1.71 bits per heavy atom. The Bertz CT molecular complexity index is 1120. The second-order valence-corrected chi connectivity index (χ2v) is 7.76.